The lowest BCUT2D eigenvalue weighted by Crippen LogP contribution is -2.44. The van der Waals surface area contributed by atoms with E-state index in [1.54, 1.807) is 12.1 Å². The van der Waals surface area contributed by atoms with Crippen LogP contribution in [0.1, 0.15) is 46.5 Å². The SMILES string of the molecule is CN(C)c1ccc(NC(=O)C(=O)NC2CCC(C(C)(C)C)CC2)cc1. The van der Waals surface area contributed by atoms with Crippen molar-refractivity contribution in [3.8, 4) is 0 Å². The summed E-state index contributed by atoms with van der Waals surface area (Å²) in [5.41, 5.74) is 1.98. The van der Waals surface area contributed by atoms with Gasteiger partial charge >= 0.3 is 11.8 Å². The predicted octanol–water partition coefficient (Wildman–Crippen LogP) is 3.41. The molecule has 1 aliphatic carbocycles. The summed E-state index contributed by atoms with van der Waals surface area (Å²) >= 11 is 0. The van der Waals surface area contributed by atoms with E-state index in [0.29, 0.717) is 17.0 Å². The van der Waals surface area contributed by atoms with E-state index in [1.165, 1.54) is 0 Å². The van der Waals surface area contributed by atoms with E-state index in [2.05, 4.69) is 31.4 Å². The number of hydrogen-bond donors (Lipinski definition) is 2. The van der Waals surface area contributed by atoms with Gasteiger partial charge < -0.3 is 15.5 Å². The van der Waals surface area contributed by atoms with E-state index in [0.717, 1.165) is 31.4 Å². The van der Waals surface area contributed by atoms with Gasteiger partial charge in [0, 0.05) is 31.5 Å². The molecule has 5 nitrogen and oxygen atoms in total. The number of amides is 2. The number of anilines is 2. The Morgan fingerprint density at radius 1 is 0.960 bits per heavy atom. The number of nitrogens with zero attached hydrogens (tertiary/aromatic N) is 1. The zero-order valence-corrected chi connectivity index (χ0v) is 16.1. The summed E-state index contributed by atoms with van der Waals surface area (Å²) in [5, 5.41) is 5.54. The van der Waals surface area contributed by atoms with Gasteiger partial charge in [-0.05, 0) is 61.3 Å². The van der Waals surface area contributed by atoms with Crippen LogP contribution in [0.25, 0.3) is 0 Å². The minimum absolute atomic E-state index is 0.105. The Morgan fingerprint density at radius 2 is 1.52 bits per heavy atom. The summed E-state index contributed by atoms with van der Waals surface area (Å²) in [6.45, 7) is 6.81. The lowest BCUT2D eigenvalue weighted by molar-refractivity contribution is -0.136. The van der Waals surface area contributed by atoms with Gasteiger partial charge in [0.25, 0.3) is 0 Å². The molecular formula is C20H31N3O2. The van der Waals surface area contributed by atoms with Gasteiger partial charge in [-0.2, -0.15) is 0 Å². The molecule has 0 atom stereocenters. The van der Waals surface area contributed by atoms with Gasteiger partial charge in [0.2, 0.25) is 0 Å². The van der Waals surface area contributed by atoms with Crippen LogP contribution in [0.3, 0.4) is 0 Å². The molecule has 0 spiro atoms. The van der Waals surface area contributed by atoms with Crippen molar-refractivity contribution in [3.63, 3.8) is 0 Å². The Bertz CT molecular complexity index is 594. The molecule has 1 aliphatic rings. The van der Waals surface area contributed by atoms with Gasteiger partial charge in [-0.15, -0.1) is 0 Å². The number of rotatable bonds is 3. The molecule has 25 heavy (non-hydrogen) atoms. The fraction of sp³-hybridized carbons (Fsp3) is 0.600. The van der Waals surface area contributed by atoms with Crippen LogP contribution in [0.2, 0.25) is 0 Å². The molecule has 1 aromatic carbocycles. The highest BCUT2D eigenvalue weighted by atomic mass is 16.2. The second kappa shape index (κ2) is 7.89. The second-order valence-electron chi connectivity index (χ2n) is 8.28. The Morgan fingerprint density at radius 3 is 2.00 bits per heavy atom. The number of benzene rings is 1. The first-order valence-electron chi connectivity index (χ1n) is 9.06. The zero-order valence-electron chi connectivity index (χ0n) is 16.1. The molecule has 0 radical (unpaired) electrons. The van der Waals surface area contributed by atoms with Crippen molar-refractivity contribution >= 4 is 23.2 Å². The molecule has 138 valence electrons. The molecule has 1 aromatic rings. The van der Waals surface area contributed by atoms with E-state index in [1.807, 2.05) is 31.1 Å². The highest BCUT2D eigenvalue weighted by Crippen LogP contribution is 2.37. The van der Waals surface area contributed by atoms with E-state index < -0.39 is 11.8 Å². The summed E-state index contributed by atoms with van der Waals surface area (Å²) in [6, 6.07) is 7.51. The smallest absolute Gasteiger partial charge is 0.313 e. The highest BCUT2D eigenvalue weighted by molar-refractivity contribution is 6.39. The highest BCUT2D eigenvalue weighted by Gasteiger charge is 2.30. The van der Waals surface area contributed by atoms with Crippen LogP contribution < -0.4 is 15.5 Å². The average molecular weight is 345 g/mol. The summed E-state index contributed by atoms with van der Waals surface area (Å²) in [5.74, 6) is -0.462. The van der Waals surface area contributed by atoms with Crippen molar-refractivity contribution < 1.29 is 9.59 Å². The minimum atomic E-state index is -0.601. The molecule has 2 rings (SSSR count). The number of carbonyl (C=O) groups excluding carboxylic acids is 2. The first-order valence-corrected chi connectivity index (χ1v) is 9.06. The standard InChI is InChI=1S/C20H31N3O2/c1-20(2,3)14-6-8-15(9-7-14)21-18(24)19(25)22-16-10-12-17(13-11-16)23(4)5/h10-15H,6-9H2,1-5H3,(H,21,24)(H,22,25). The number of nitrogens with one attached hydrogen (secondary N) is 2. The molecule has 0 aliphatic heterocycles. The normalized spacial score (nSPS) is 20.7. The zero-order chi connectivity index (χ0) is 18.6. The fourth-order valence-corrected chi connectivity index (χ4v) is 3.39. The lowest BCUT2D eigenvalue weighted by Gasteiger charge is -2.37. The van der Waals surface area contributed by atoms with Gasteiger partial charge in [-0.1, -0.05) is 20.8 Å². The van der Waals surface area contributed by atoms with E-state index >= 15 is 0 Å². The van der Waals surface area contributed by atoms with Crippen LogP contribution >= 0.6 is 0 Å². The first kappa shape index (κ1) is 19.3. The predicted molar refractivity (Wildman–Crippen MR) is 103 cm³/mol. The Hall–Kier alpha value is -2.04. The maximum atomic E-state index is 12.1. The van der Waals surface area contributed by atoms with Gasteiger partial charge in [-0.3, -0.25) is 9.59 Å². The van der Waals surface area contributed by atoms with Crippen molar-refractivity contribution in [1.82, 2.24) is 5.32 Å². The fourth-order valence-electron chi connectivity index (χ4n) is 3.39. The summed E-state index contributed by atoms with van der Waals surface area (Å²) < 4.78 is 0. The molecule has 1 saturated carbocycles. The van der Waals surface area contributed by atoms with E-state index in [4.69, 9.17) is 0 Å². The summed E-state index contributed by atoms with van der Waals surface area (Å²) in [7, 11) is 3.91. The van der Waals surface area contributed by atoms with Gasteiger partial charge in [0.1, 0.15) is 0 Å². The summed E-state index contributed by atoms with van der Waals surface area (Å²) in [4.78, 5) is 26.2. The second-order valence-corrected chi connectivity index (χ2v) is 8.28. The molecule has 2 amide bonds. The Labute approximate surface area is 151 Å². The number of carbonyl (C=O) groups is 2. The molecule has 0 bridgehead atoms. The maximum absolute atomic E-state index is 12.1. The molecule has 2 N–H and O–H groups in total. The molecule has 0 heterocycles. The quantitative estimate of drug-likeness (QED) is 0.825. The van der Waals surface area contributed by atoms with Crippen LogP contribution in [0.5, 0.6) is 0 Å². The van der Waals surface area contributed by atoms with Crippen LogP contribution in [-0.4, -0.2) is 32.0 Å². The average Bonchev–Trinajstić information content (AvgIpc) is 2.55. The van der Waals surface area contributed by atoms with Gasteiger partial charge in [-0.25, -0.2) is 0 Å². The third kappa shape index (κ3) is 5.48. The van der Waals surface area contributed by atoms with Crippen LogP contribution in [-0.2, 0) is 9.59 Å². The number of hydrogen-bond acceptors (Lipinski definition) is 3. The molecule has 0 saturated heterocycles. The van der Waals surface area contributed by atoms with Crippen LogP contribution in [0.15, 0.2) is 24.3 Å². The lowest BCUT2D eigenvalue weighted by atomic mass is 9.71. The van der Waals surface area contributed by atoms with Crippen molar-refractivity contribution in [3.05, 3.63) is 24.3 Å². The molecule has 1 fully saturated rings. The molecular weight excluding hydrogens is 314 g/mol. The van der Waals surface area contributed by atoms with Gasteiger partial charge in [0.05, 0.1) is 0 Å². The third-order valence-electron chi connectivity index (χ3n) is 5.13. The van der Waals surface area contributed by atoms with E-state index in [-0.39, 0.29) is 6.04 Å². The van der Waals surface area contributed by atoms with Crippen molar-refractivity contribution in [2.24, 2.45) is 11.3 Å². The largest absolute Gasteiger partial charge is 0.378 e. The van der Waals surface area contributed by atoms with Gasteiger partial charge in [0.15, 0.2) is 0 Å². The van der Waals surface area contributed by atoms with Crippen molar-refractivity contribution in [1.29, 1.82) is 0 Å². The monoisotopic (exact) mass is 345 g/mol. The Kier molecular flexibility index (Phi) is 6.09. The molecule has 0 unspecified atom stereocenters. The van der Waals surface area contributed by atoms with Crippen molar-refractivity contribution in [2.75, 3.05) is 24.3 Å². The first-order chi connectivity index (χ1) is 11.7. The van der Waals surface area contributed by atoms with Crippen LogP contribution in [0, 0.1) is 11.3 Å². The Balaban J connectivity index is 1.82. The molecule has 5 heteroatoms. The molecule has 0 aromatic heterocycles. The van der Waals surface area contributed by atoms with Crippen molar-refractivity contribution in [2.45, 2.75) is 52.5 Å². The van der Waals surface area contributed by atoms with E-state index in [9.17, 15) is 9.59 Å². The minimum Gasteiger partial charge on any atom is -0.378 e. The summed E-state index contributed by atoms with van der Waals surface area (Å²) in [6.07, 6.45) is 4.08. The topological polar surface area (TPSA) is 61.4 Å². The maximum Gasteiger partial charge on any atom is 0.313 e. The third-order valence-corrected chi connectivity index (χ3v) is 5.13. The van der Waals surface area contributed by atoms with Crippen LogP contribution in [0.4, 0.5) is 11.4 Å².